The second-order valence-electron chi connectivity index (χ2n) is 10.5. The predicted molar refractivity (Wildman–Crippen MR) is 127 cm³/mol. The van der Waals surface area contributed by atoms with Gasteiger partial charge in [-0.25, -0.2) is 9.36 Å². The molecule has 1 aliphatic rings. The van der Waals surface area contributed by atoms with E-state index in [4.69, 9.17) is 14.0 Å². The molecule has 0 atom stereocenters. The van der Waals surface area contributed by atoms with E-state index in [-0.39, 0.29) is 0 Å². The molecule has 4 rings (SSSR count). The Morgan fingerprint density at radius 1 is 1.06 bits per heavy atom. The van der Waals surface area contributed by atoms with Gasteiger partial charge in [-0.2, -0.15) is 10.2 Å². The van der Waals surface area contributed by atoms with Crippen LogP contribution in [0.4, 0.5) is 0 Å². The van der Waals surface area contributed by atoms with Crippen LogP contribution in [-0.4, -0.2) is 52.6 Å². The first-order chi connectivity index (χ1) is 14.5. The molecule has 2 aromatic heterocycles. The smallest absolute Gasteiger partial charge is 0.399 e. The largest absolute Gasteiger partial charge is 0.495 e. The van der Waals surface area contributed by atoms with Gasteiger partial charge in [0.1, 0.15) is 6.73 Å². The van der Waals surface area contributed by atoms with Gasteiger partial charge in [0.15, 0.2) is 0 Å². The molecule has 9 heteroatoms. The summed E-state index contributed by atoms with van der Waals surface area (Å²) >= 11 is 0. The molecule has 3 heterocycles. The van der Waals surface area contributed by atoms with E-state index in [9.17, 15) is 0 Å². The first-order valence-electron chi connectivity index (χ1n) is 10.9. The van der Waals surface area contributed by atoms with Crippen LogP contribution in [0.1, 0.15) is 27.7 Å². The Kier molecular flexibility index (Phi) is 5.66. The molecule has 1 aliphatic heterocycles. The maximum absolute atomic E-state index is 6.33. The summed E-state index contributed by atoms with van der Waals surface area (Å²) in [5.74, 6) is 0. The molecule has 0 bridgehead atoms. The molecule has 0 saturated carbocycles. The number of hydrogen-bond donors (Lipinski definition) is 0. The number of hydrogen-bond acceptors (Lipinski definition) is 5. The number of benzene rings is 1. The molecule has 0 aliphatic carbocycles. The summed E-state index contributed by atoms with van der Waals surface area (Å²) in [6.45, 7) is 16.5. The lowest BCUT2D eigenvalue weighted by Crippen LogP contribution is -2.41. The zero-order valence-electron chi connectivity index (χ0n) is 19.7. The summed E-state index contributed by atoms with van der Waals surface area (Å²) in [5, 5.41) is 10.1. The minimum atomic E-state index is -1.14. The van der Waals surface area contributed by atoms with Gasteiger partial charge in [-0.1, -0.05) is 25.7 Å². The van der Waals surface area contributed by atoms with Crippen molar-refractivity contribution in [1.82, 2.24) is 19.6 Å². The molecule has 31 heavy (non-hydrogen) atoms. The predicted octanol–water partition coefficient (Wildman–Crippen LogP) is 3.83. The van der Waals surface area contributed by atoms with E-state index in [0.717, 1.165) is 34.7 Å². The van der Waals surface area contributed by atoms with Gasteiger partial charge in [-0.15, -0.1) is 0 Å². The Labute approximate surface area is 185 Å². The van der Waals surface area contributed by atoms with E-state index in [0.29, 0.717) is 6.73 Å². The molecule has 0 radical (unpaired) electrons. The average Bonchev–Trinajstić information content (AvgIpc) is 3.37. The fourth-order valence-electron chi connectivity index (χ4n) is 3.60. The zero-order chi connectivity index (χ0) is 22.4. The molecule has 1 fully saturated rings. The van der Waals surface area contributed by atoms with E-state index in [1.165, 1.54) is 0 Å². The third kappa shape index (κ3) is 4.37. The van der Waals surface area contributed by atoms with Crippen molar-refractivity contribution in [3.63, 3.8) is 0 Å². The number of rotatable bonds is 7. The van der Waals surface area contributed by atoms with Crippen LogP contribution in [0, 0.1) is 0 Å². The molecule has 1 saturated heterocycles. The fourth-order valence-corrected chi connectivity index (χ4v) is 4.36. The van der Waals surface area contributed by atoms with Gasteiger partial charge in [0.2, 0.25) is 0 Å². The minimum Gasteiger partial charge on any atom is -0.399 e. The van der Waals surface area contributed by atoms with Gasteiger partial charge >= 0.3 is 7.12 Å². The van der Waals surface area contributed by atoms with Crippen molar-refractivity contribution in [1.29, 1.82) is 0 Å². The number of aromatic nitrogens is 4. The summed E-state index contributed by atoms with van der Waals surface area (Å²) in [7, 11) is -1.60. The standard InChI is InChI=1S/C22H33BN4O3Si/c1-21(2)22(3,4)30-23(29-21)18-9-10-19(26-12-8-11-24-26)20-17(18)15-25-27(20)16-28-13-14-31(5,6)7/h8-12,15H,13-14,16H2,1-7H3. The molecule has 0 spiro atoms. The van der Waals surface area contributed by atoms with Crippen molar-refractivity contribution in [3.8, 4) is 5.69 Å². The molecule has 1 aromatic carbocycles. The monoisotopic (exact) mass is 440 g/mol. The van der Waals surface area contributed by atoms with Crippen molar-refractivity contribution in [2.75, 3.05) is 6.61 Å². The van der Waals surface area contributed by atoms with Gasteiger partial charge in [0.05, 0.1) is 28.6 Å². The first-order valence-corrected chi connectivity index (χ1v) is 14.6. The number of nitrogens with zero attached hydrogens (tertiary/aromatic N) is 4. The van der Waals surface area contributed by atoms with Gasteiger partial charge in [-0.3, -0.25) is 0 Å². The van der Waals surface area contributed by atoms with Crippen molar-refractivity contribution in [2.24, 2.45) is 0 Å². The number of ether oxygens (including phenoxy) is 1. The Balaban J connectivity index is 1.71. The van der Waals surface area contributed by atoms with Crippen molar-refractivity contribution >= 4 is 31.6 Å². The Bertz CT molecular complexity index is 1040. The topological polar surface area (TPSA) is 63.3 Å². The Morgan fingerprint density at radius 2 is 1.77 bits per heavy atom. The summed E-state index contributed by atoms with van der Waals surface area (Å²) in [5.41, 5.74) is 2.08. The first kappa shape index (κ1) is 22.3. The van der Waals surface area contributed by atoms with Crippen molar-refractivity contribution < 1.29 is 14.0 Å². The molecule has 166 valence electrons. The van der Waals surface area contributed by atoms with E-state index in [2.05, 4.69) is 69.7 Å². The summed E-state index contributed by atoms with van der Waals surface area (Å²) in [6.07, 6.45) is 5.59. The molecule has 3 aromatic rings. The van der Waals surface area contributed by atoms with Crippen LogP contribution in [0.25, 0.3) is 16.6 Å². The van der Waals surface area contributed by atoms with Crippen LogP contribution in [0.15, 0.2) is 36.8 Å². The van der Waals surface area contributed by atoms with Crippen molar-refractivity contribution in [3.05, 3.63) is 36.8 Å². The minimum absolute atomic E-state index is 0.398. The Morgan fingerprint density at radius 3 is 2.39 bits per heavy atom. The summed E-state index contributed by atoms with van der Waals surface area (Å²) in [4.78, 5) is 0. The molecule has 0 N–H and O–H groups in total. The van der Waals surface area contributed by atoms with Gasteiger partial charge in [0, 0.05) is 32.5 Å². The highest BCUT2D eigenvalue weighted by atomic mass is 28.3. The van der Waals surface area contributed by atoms with E-state index in [1.54, 1.807) is 6.20 Å². The van der Waals surface area contributed by atoms with Crippen LogP contribution in [-0.2, 0) is 20.8 Å². The van der Waals surface area contributed by atoms with Crippen LogP contribution in [0.5, 0.6) is 0 Å². The molecule has 7 nitrogen and oxygen atoms in total. The zero-order valence-corrected chi connectivity index (χ0v) is 20.7. The second kappa shape index (κ2) is 7.88. The summed E-state index contributed by atoms with van der Waals surface area (Å²) in [6, 6.07) is 7.14. The van der Waals surface area contributed by atoms with Gasteiger partial charge in [0.25, 0.3) is 0 Å². The van der Waals surface area contributed by atoms with E-state index < -0.39 is 26.4 Å². The third-order valence-corrected chi connectivity index (χ3v) is 7.99. The van der Waals surface area contributed by atoms with Gasteiger partial charge in [-0.05, 0) is 51.3 Å². The summed E-state index contributed by atoms with van der Waals surface area (Å²) < 4.78 is 22.4. The highest BCUT2D eigenvalue weighted by molar-refractivity contribution is 6.76. The Hall–Kier alpha value is -1.94. The fraction of sp³-hybridized carbons (Fsp3) is 0.545. The lowest BCUT2D eigenvalue weighted by atomic mass is 9.77. The molecule has 0 amide bonds. The normalized spacial score (nSPS) is 18.2. The van der Waals surface area contributed by atoms with Crippen LogP contribution in [0.3, 0.4) is 0 Å². The van der Waals surface area contributed by atoms with Crippen molar-refractivity contribution in [2.45, 2.75) is 71.3 Å². The highest BCUT2D eigenvalue weighted by Gasteiger charge is 2.52. The molecular weight excluding hydrogens is 407 g/mol. The van der Waals surface area contributed by atoms with E-state index in [1.807, 2.05) is 27.8 Å². The van der Waals surface area contributed by atoms with Crippen LogP contribution >= 0.6 is 0 Å². The maximum Gasteiger partial charge on any atom is 0.495 e. The maximum atomic E-state index is 6.33. The quantitative estimate of drug-likeness (QED) is 0.413. The van der Waals surface area contributed by atoms with Gasteiger partial charge < -0.3 is 14.0 Å². The lowest BCUT2D eigenvalue weighted by molar-refractivity contribution is 0.00578. The number of fused-ring (bicyclic) bond motifs is 1. The molecular formula is C22H33BN4O3Si. The SMILES string of the molecule is CC1(C)OB(c2ccc(-n3cccn3)c3c2cnn3COCC[Si](C)(C)C)OC1(C)C. The highest BCUT2D eigenvalue weighted by Crippen LogP contribution is 2.37. The van der Waals surface area contributed by atoms with Crippen LogP contribution < -0.4 is 5.46 Å². The average molecular weight is 440 g/mol. The van der Waals surface area contributed by atoms with Crippen LogP contribution in [0.2, 0.25) is 25.7 Å². The third-order valence-electron chi connectivity index (χ3n) is 6.28. The molecule has 0 unspecified atom stereocenters. The van der Waals surface area contributed by atoms with E-state index >= 15 is 0 Å². The lowest BCUT2D eigenvalue weighted by Gasteiger charge is -2.32. The second-order valence-corrected chi connectivity index (χ2v) is 16.1.